The molecular weight excluding hydrogens is 276 g/mol. The Morgan fingerprint density at radius 3 is 2.84 bits per heavy atom. The molecule has 1 aromatic rings. The van der Waals surface area contributed by atoms with Crippen molar-refractivity contribution in [3.63, 3.8) is 0 Å². The second-order valence-corrected chi connectivity index (χ2v) is 4.52. The van der Waals surface area contributed by atoms with E-state index in [0.717, 1.165) is 0 Å². The molecule has 0 bridgehead atoms. The van der Waals surface area contributed by atoms with E-state index < -0.39 is 11.0 Å². The first kappa shape index (κ1) is 14.0. The van der Waals surface area contributed by atoms with E-state index in [2.05, 4.69) is 4.98 Å². The van der Waals surface area contributed by atoms with Gasteiger partial charge < -0.3 is 24.9 Å². The number of alkyl halides is 1. The molecule has 0 saturated carbocycles. The van der Waals surface area contributed by atoms with Gasteiger partial charge in [-0.25, -0.2) is 0 Å². The summed E-state index contributed by atoms with van der Waals surface area (Å²) in [5.41, 5.74) is 0. The average molecular weight is 291 g/mol. The molecule has 1 N–H and O–H groups in total. The Morgan fingerprint density at radius 1 is 1.58 bits per heavy atom. The smallest absolute Gasteiger partial charge is 0.390 e. The topological polar surface area (TPSA) is 93.7 Å². The van der Waals surface area contributed by atoms with Crippen LogP contribution in [0.4, 0.5) is 11.6 Å². The van der Waals surface area contributed by atoms with Crippen molar-refractivity contribution in [2.45, 2.75) is 12.6 Å². The SMILES string of the molecule is O=[N+]([O-])c1ncn(C[C@@H](O)CCl)c1N1CCOCC1. The number of nitrogens with zero attached hydrogens (tertiary/aromatic N) is 4. The minimum absolute atomic E-state index is 0.0640. The molecule has 0 unspecified atom stereocenters. The molecule has 1 saturated heterocycles. The standard InChI is InChI=1S/C10H15ClN4O4/c11-5-8(16)6-14-7-12-9(15(17)18)10(14)13-1-3-19-4-2-13/h7-8,16H,1-6H2/t8-/m0/s1. The molecule has 0 aromatic carbocycles. The van der Waals surface area contributed by atoms with Gasteiger partial charge in [0.15, 0.2) is 0 Å². The lowest BCUT2D eigenvalue weighted by atomic mass is 10.3. The van der Waals surface area contributed by atoms with Crippen LogP contribution in [0, 0.1) is 10.1 Å². The van der Waals surface area contributed by atoms with Crippen LogP contribution in [0.1, 0.15) is 0 Å². The summed E-state index contributed by atoms with van der Waals surface area (Å²) in [5.74, 6) is 0.260. The van der Waals surface area contributed by atoms with Crippen LogP contribution in [-0.2, 0) is 11.3 Å². The van der Waals surface area contributed by atoms with Crippen molar-refractivity contribution in [1.29, 1.82) is 0 Å². The minimum atomic E-state index is -0.768. The molecule has 1 atom stereocenters. The Hall–Kier alpha value is -1.38. The molecular formula is C10H15ClN4O4. The van der Waals surface area contributed by atoms with Crippen LogP contribution in [0.2, 0.25) is 0 Å². The Bertz CT molecular complexity index is 447. The largest absolute Gasteiger partial charge is 0.406 e. The summed E-state index contributed by atoms with van der Waals surface area (Å²) >= 11 is 5.56. The van der Waals surface area contributed by atoms with E-state index in [9.17, 15) is 15.2 Å². The molecule has 19 heavy (non-hydrogen) atoms. The van der Waals surface area contributed by atoms with Crippen LogP contribution in [0.15, 0.2) is 6.33 Å². The number of ether oxygens (including phenoxy) is 1. The third kappa shape index (κ3) is 3.14. The van der Waals surface area contributed by atoms with E-state index in [4.69, 9.17) is 16.3 Å². The van der Waals surface area contributed by atoms with Gasteiger partial charge in [-0.3, -0.25) is 4.57 Å². The molecule has 0 radical (unpaired) electrons. The number of aliphatic hydroxyl groups excluding tert-OH is 1. The van der Waals surface area contributed by atoms with Crippen molar-refractivity contribution in [2.75, 3.05) is 37.1 Å². The summed E-state index contributed by atoms with van der Waals surface area (Å²) in [5, 5.41) is 20.6. The predicted octanol–water partition coefficient (Wildman–Crippen LogP) is 0.228. The van der Waals surface area contributed by atoms with Gasteiger partial charge in [-0.1, -0.05) is 0 Å². The lowest BCUT2D eigenvalue weighted by Gasteiger charge is -2.28. The van der Waals surface area contributed by atoms with E-state index >= 15 is 0 Å². The van der Waals surface area contributed by atoms with Crippen LogP contribution < -0.4 is 4.90 Å². The van der Waals surface area contributed by atoms with Crippen LogP contribution in [0.3, 0.4) is 0 Å². The van der Waals surface area contributed by atoms with Gasteiger partial charge in [0, 0.05) is 13.1 Å². The van der Waals surface area contributed by atoms with Gasteiger partial charge in [-0.15, -0.1) is 11.6 Å². The maximum Gasteiger partial charge on any atom is 0.406 e. The quantitative estimate of drug-likeness (QED) is 0.474. The molecule has 2 rings (SSSR count). The Morgan fingerprint density at radius 2 is 2.26 bits per heavy atom. The number of rotatable bonds is 5. The fraction of sp³-hybridized carbons (Fsp3) is 0.700. The van der Waals surface area contributed by atoms with E-state index in [1.165, 1.54) is 6.33 Å². The average Bonchev–Trinajstić information content (AvgIpc) is 2.83. The van der Waals surface area contributed by atoms with Crippen LogP contribution in [0.5, 0.6) is 0 Å². The Labute approximate surface area is 114 Å². The zero-order valence-corrected chi connectivity index (χ0v) is 11.0. The number of halogens is 1. The fourth-order valence-electron chi connectivity index (χ4n) is 2.00. The maximum atomic E-state index is 11.0. The number of hydrogen-bond acceptors (Lipinski definition) is 6. The minimum Gasteiger partial charge on any atom is -0.390 e. The highest BCUT2D eigenvalue weighted by atomic mass is 35.5. The van der Waals surface area contributed by atoms with Gasteiger partial charge >= 0.3 is 5.82 Å². The number of aromatic nitrogens is 2. The molecule has 8 nitrogen and oxygen atoms in total. The summed E-state index contributed by atoms with van der Waals surface area (Å²) in [4.78, 5) is 16.1. The molecule has 0 spiro atoms. The zero-order valence-electron chi connectivity index (χ0n) is 10.2. The highest BCUT2D eigenvalue weighted by Gasteiger charge is 2.28. The molecule has 1 aliphatic rings. The molecule has 1 aliphatic heterocycles. The van der Waals surface area contributed by atoms with E-state index in [1.54, 1.807) is 4.57 Å². The lowest BCUT2D eigenvalue weighted by molar-refractivity contribution is -0.388. The molecule has 1 fully saturated rings. The summed E-state index contributed by atoms with van der Waals surface area (Å²) in [6.45, 7) is 2.32. The van der Waals surface area contributed by atoms with Gasteiger partial charge in [0.25, 0.3) is 0 Å². The Balaban J connectivity index is 2.29. The predicted molar refractivity (Wildman–Crippen MR) is 68.6 cm³/mol. The van der Waals surface area contributed by atoms with Crippen molar-refractivity contribution in [3.05, 3.63) is 16.4 Å². The van der Waals surface area contributed by atoms with Gasteiger partial charge in [0.1, 0.15) is 0 Å². The number of imidazole rings is 1. The lowest BCUT2D eigenvalue weighted by Crippen LogP contribution is -2.38. The third-order valence-electron chi connectivity index (χ3n) is 2.86. The highest BCUT2D eigenvalue weighted by molar-refractivity contribution is 6.18. The Kier molecular flexibility index (Phi) is 4.56. The van der Waals surface area contributed by atoms with Gasteiger partial charge in [-0.05, 0) is 9.91 Å². The van der Waals surface area contributed by atoms with E-state index in [1.807, 2.05) is 4.90 Å². The van der Waals surface area contributed by atoms with Crippen molar-refractivity contribution in [2.24, 2.45) is 0 Å². The summed E-state index contributed by atoms with van der Waals surface area (Å²) in [6, 6.07) is 0. The molecule has 106 valence electrons. The zero-order chi connectivity index (χ0) is 13.8. The normalized spacial score (nSPS) is 17.5. The second-order valence-electron chi connectivity index (χ2n) is 4.21. The summed E-state index contributed by atoms with van der Waals surface area (Å²) in [6.07, 6.45) is 0.592. The van der Waals surface area contributed by atoms with Crippen LogP contribution in [-0.4, -0.2) is 57.9 Å². The number of anilines is 1. The van der Waals surface area contributed by atoms with E-state index in [-0.39, 0.29) is 18.2 Å². The first-order valence-electron chi connectivity index (χ1n) is 5.89. The monoisotopic (exact) mass is 290 g/mol. The number of morpholine rings is 1. The van der Waals surface area contributed by atoms with Crippen molar-refractivity contribution in [1.82, 2.24) is 9.55 Å². The maximum absolute atomic E-state index is 11.0. The molecule has 2 heterocycles. The third-order valence-corrected chi connectivity index (χ3v) is 3.22. The first-order valence-corrected chi connectivity index (χ1v) is 6.43. The summed E-state index contributed by atoms with van der Waals surface area (Å²) < 4.78 is 6.79. The van der Waals surface area contributed by atoms with Crippen molar-refractivity contribution >= 4 is 23.2 Å². The number of aliphatic hydroxyl groups is 1. The molecule has 1 aromatic heterocycles. The fourth-order valence-corrected chi connectivity index (χ4v) is 2.10. The molecule has 0 amide bonds. The number of nitro groups is 1. The molecule has 9 heteroatoms. The van der Waals surface area contributed by atoms with Gasteiger partial charge in [0.2, 0.25) is 12.1 Å². The highest BCUT2D eigenvalue weighted by Crippen LogP contribution is 2.27. The van der Waals surface area contributed by atoms with Crippen LogP contribution in [0.25, 0.3) is 0 Å². The van der Waals surface area contributed by atoms with Gasteiger partial charge in [0.05, 0.1) is 31.7 Å². The molecule has 0 aliphatic carbocycles. The van der Waals surface area contributed by atoms with Crippen molar-refractivity contribution < 1.29 is 14.8 Å². The van der Waals surface area contributed by atoms with Crippen LogP contribution >= 0.6 is 11.6 Å². The first-order chi connectivity index (χ1) is 9.13. The van der Waals surface area contributed by atoms with Gasteiger partial charge in [-0.2, -0.15) is 0 Å². The van der Waals surface area contributed by atoms with E-state index in [0.29, 0.717) is 32.1 Å². The second kappa shape index (κ2) is 6.18. The van der Waals surface area contributed by atoms with Crippen molar-refractivity contribution in [3.8, 4) is 0 Å². The number of hydrogen-bond donors (Lipinski definition) is 1. The summed E-state index contributed by atoms with van der Waals surface area (Å²) in [7, 11) is 0.